The molecule has 1 rings (SSSR count). The fraction of sp³-hybridized carbons (Fsp3) is 0.562. The maximum absolute atomic E-state index is 10.7. The molecule has 0 aliphatic heterocycles. The van der Waals surface area contributed by atoms with Crippen LogP contribution in [0, 0.1) is 6.92 Å². The van der Waals surface area contributed by atoms with Gasteiger partial charge in [-0.15, -0.1) is 0 Å². The molecule has 0 bridgehead atoms. The van der Waals surface area contributed by atoms with Gasteiger partial charge in [0.25, 0.3) is 0 Å². The summed E-state index contributed by atoms with van der Waals surface area (Å²) >= 11 is 0. The van der Waals surface area contributed by atoms with Crippen LogP contribution in [0.1, 0.15) is 56.7 Å². The topological polar surface area (TPSA) is 26.3 Å². The monoisotopic (exact) mass is 248 g/mol. The van der Waals surface area contributed by atoms with Crippen molar-refractivity contribution in [3.05, 3.63) is 28.8 Å². The zero-order chi connectivity index (χ0) is 13.9. The molecule has 0 amide bonds. The number of ether oxygens (including phenoxy) is 1. The molecule has 2 heteroatoms. The molecule has 0 saturated heterocycles. The van der Waals surface area contributed by atoms with E-state index in [4.69, 9.17) is 4.74 Å². The second kappa shape index (κ2) is 5.55. The Morgan fingerprint density at radius 2 is 1.94 bits per heavy atom. The van der Waals surface area contributed by atoms with Crippen LogP contribution in [-0.4, -0.2) is 13.4 Å². The number of benzene rings is 1. The first-order valence-electron chi connectivity index (χ1n) is 6.44. The van der Waals surface area contributed by atoms with Crippen LogP contribution in [0.25, 0.3) is 0 Å². The van der Waals surface area contributed by atoms with Gasteiger partial charge < -0.3 is 9.53 Å². The fourth-order valence-electron chi connectivity index (χ4n) is 2.22. The van der Waals surface area contributed by atoms with Crippen molar-refractivity contribution in [1.29, 1.82) is 0 Å². The number of methoxy groups -OCH3 is 1. The molecule has 0 saturated carbocycles. The van der Waals surface area contributed by atoms with Gasteiger partial charge >= 0.3 is 0 Å². The Morgan fingerprint density at radius 1 is 1.33 bits per heavy atom. The Morgan fingerprint density at radius 3 is 2.39 bits per heavy atom. The Kier molecular flexibility index (Phi) is 4.55. The van der Waals surface area contributed by atoms with Crippen molar-refractivity contribution in [3.8, 4) is 5.75 Å². The second-order valence-corrected chi connectivity index (χ2v) is 5.99. The maximum atomic E-state index is 10.7. The van der Waals surface area contributed by atoms with E-state index in [-0.39, 0.29) is 11.3 Å². The van der Waals surface area contributed by atoms with E-state index in [1.54, 1.807) is 7.11 Å². The molecule has 0 aliphatic rings. The van der Waals surface area contributed by atoms with Crippen LogP contribution in [-0.2, 0) is 10.2 Å². The van der Waals surface area contributed by atoms with Gasteiger partial charge in [-0.2, -0.15) is 0 Å². The van der Waals surface area contributed by atoms with Crippen molar-refractivity contribution >= 4 is 6.29 Å². The van der Waals surface area contributed by atoms with Gasteiger partial charge in [-0.1, -0.05) is 45.4 Å². The maximum Gasteiger partial charge on any atom is 0.126 e. The van der Waals surface area contributed by atoms with Crippen molar-refractivity contribution in [2.45, 2.75) is 52.4 Å². The molecule has 0 N–H and O–H groups in total. The zero-order valence-corrected chi connectivity index (χ0v) is 12.3. The summed E-state index contributed by atoms with van der Waals surface area (Å²) in [5.74, 6) is 1.13. The van der Waals surface area contributed by atoms with E-state index >= 15 is 0 Å². The van der Waals surface area contributed by atoms with Crippen LogP contribution in [0.15, 0.2) is 12.1 Å². The molecule has 0 heterocycles. The van der Waals surface area contributed by atoms with Crippen LogP contribution in [0.3, 0.4) is 0 Å². The van der Waals surface area contributed by atoms with Crippen LogP contribution in [0.4, 0.5) is 0 Å². The third-order valence-corrected chi connectivity index (χ3v) is 3.25. The number of hydrogen-bond donors (Lipinski definition) is 0. The summed E-state index contributed by atoms with van der Waals surface area (Å²) in [6, 6.07) is 4.30. The third kappa shape index (κ3) is 3.12. The van der Waals surface area contributed by atoms with Crippen molar-refractivity contribution in [2.24, 2.45) is 0 Å². The predicted molar refractivity (Wildman–Crippen MR) is 75.5 cm³/mol. The number of rotatable bonds is 4. The van der Waals surface area contributed by atoms with Crippen LogP contribution in [0.2, 0.25) is 0 Å². The summed E-state index contributed by atoms with van der Waals surface area (Å²) in [4.78, 5) is 10.7. The van der Waals surface area contributed by atoms with Gasteiger partial charge in [-0.25, -0.2) is 0 Å². The number of aldehydes is 1. The van der Waals surface area contributed by atoms with Crippen LogP contribution in [0.5, 0.6) is 5.75 Å². The van der Waals surface area contributed by atoms with E-state index < -0.39 is 0 Å². The molecule has 0 aromatic heterocycles. The summed E-state index contributed by atoms with van der Waals surface area (Å²) in [6.07, 6.45) is 1.51. The molecule has 0 fully saturated rings. The van der Waals surface area contributed by atoms with Gasteiger partial charge in [0.1, 0.15) is 12.0 Å². The largest absolute Gasteiger partial charge is 0.496 e. The van der Waals surface area contributed by atoms with Gasteiger partial charge in [-0.05, 0) is 23.8 Å². The Balaban J connectivity index is 3.42. The molecule has 1 aromatic carbocycles. The van der Waals surface area contributed by atoms with Gasteiger partial charge in [0.2, 0.25) is 0 Å². The molecule has 18 heavy (non-hydrogen) atoms. The Bertz CT molecular complexity index is 427. The summed E-state index contributed by atoms with van der Waals surface area (Å²) in [7, 11) is 1.71. The average molecular weight is 248 g/mol. The fourth-order valence-corrected chi connectivity index (χ4v) is 2.22. The SMILES string of the molecule is COc1c(C(C)CC=O)cc(C)cc1C(C)(C)C. The molecule has 1 atom stereocenters. The van der Waals surface area contributed by atoms with Crippen molar-refractivity contribution in [3.63, 3.8) is 0 Å². The molecule has 1 unspecified atom stereocenters. The highest BCUT2D eigenvalue weighted by atomic mass is 16.5. The average Bonchev–Trinajstić information content (AvgIpc) is 2.27. The number of carbonyl (C=O) groups excluding carboxylic acids is 1. The first-order chi connectivity index (χ1) is 8.31. The van der Waals surface area contributed by atoms with Crippen molar-refractivity contribution in [1.82, 2.24) is 0 Å². The lowest BCUT2D eigenvalue weighted by atomic mass is 9.82. The Labute approximate surface area is 110 Å². The van der Waals surface area contributed by atoms with E-state index in [0.717, 1.165) is 17.6 Å². The molecule has 0 spiro atoms. The Hall–Kier alpha value is -1.31. The highest BCUT2D eigenvalue weighted by Crippen LogP contribution is 2.38. The first kappa shape index (κ1) is 14.7. The summed E-state index contributed by atoms with van der Waals surface area (Å²) in [5.41, 5.74) is 3.59. The minimum atomic E-state index is 0.0347. The van der Waals surface area contributed by atoms with E-state index in [1.807, 2.05) is 0 Å². The van der Waals surface area contributed by atoms with Gasteiger partial charge in [0.05, 0.1) is 7.11 Å². The number of aryl methyl sites for hydroxylation is 1. The summed E-state index contributed by atoms with van der Waals surface area (Å²) in [6.45, 7) is 10.7. The molecule has 100 valence electrons. The van der Waals surface area contributed by atoms with E-state index in [0.29, 0.717) is 6.42 Å². The molecule has 1 aromatic rings. The molecular weight excluding hydrogens is 224 g/mol. The lowest BCUT2D eigenvalue weighted by Gasteiger charge is -2.26. The lowest BCUT2D eigenvalue weighted by Crippen LogP contribution is -2.15. The minimum absolute atomic E-state index is 0.0347. The van der Waals surface area contributed by atoms with Gasteiger partial charge in [0, 0.05) is 12.0 Å². The third-order valence-electron chi connectivity index (χ3n) is 3.25. The second-order valence-electron chi connectivity index (χ2n) is 5.99. The number of hydrogen-bond acceptors (Lipinski definition) is 2. The van der Waals surface area contributed by atoms with E-state index in [1.165, 1.54) is 11.1 Å². The lowest BCUT2D eigenvalue weighted by molar-refractivity contribution is -0.108. The van der Waals surface area contributed by atoms with Gasteiger partial charge in [0.15, 0.2) is 0 Å². The molecular formula is C16H24O2. The van der Waals surface area contributed by atoms with Crippen molar-refractivity contribution in [2.75, 3.05) is 7.11 Å². The summed E-state index contributed by atoms with van der Waals surface area (Å²) < 4.78 is 5.61. The first-order valence-corrected chi connectivity index (χ1v) is 6.44. The number of carbonyl (C=O) groups is 1. The van der Waals surface area contributed by atoms with Crippen LogP contribution < -0.4 is 4.74 Å². The quantitative estimate of drug-likeness (QED) is 0.753. The molecule has 0 radical (unpaired) electrons. The standard InChI is InChI=1S/C16H24O2/c1-11-9-13(12(2)7-8-17)15(18-6)14(10-11)16(3,4)5/h8-10,12H,7H2,1-6H3. The highest BCUT2D eigenvalue weighted by Gasteiger charge is 2.23. The van der Waals surface area contributed by atoms with Gasteiger partial charge in [-0.3, -0.25) is 0 Å². The van der Waals surface area contributed by atoms with Crippen molar-refractivity contribution < 1.29 is 9.53 Å². The molecule has 2 nitrogen and oxygen atoms in total. The normalized spacial score (nSPS) is 13.2. The minimum Gasteiger partial charge on any atom is -0.496 e. The summed E-state index contributed by atoms with van der Waals surface area (Å²) in [5, 5.41) is 0. The molecule has 0 aliphatic carbocycles. The van der Waals surface area contributed by atoms with E-state index in [2.05, 4.69) is 46.8 Å². The highest BCUT2D eigenvalue weighted by molar-refractivity contribution is 5.55. The van der Waals surface area contributed by atoms with E-state index in [9.17, 15) is 4.79 Å². The smallest absolute Gasteiger partial charge is 0.126 e. The zero-order valence-electron chi connectivity index (χ0n) is 12.3. The van der Waals surface area contributed by atoms with Crippen LogP contribution >= 0.6 is 0 Å². The predicted octanol–water partition coefficient (Wildman–Crippen LogP) is 3.99.